The predicted octanol–water partition coefficient (Wildman–Crippen LogP) is 3.41. The summed E-state index contributed by atoms with van der Waals surface area (Å²) in [4.78, 5) is 26.2. The number of nitrogens with one attached hydrogen (secondary N) is 2. The second kappa shape index (κ2) is 10.6. The quantitative estimate of drug-likeness (QED) is 0.540. The summed E-state index contributed by atoms with van der Waals surface area (Å²) in [6.07, 6.45) is 5.03. The van der Waals surface area contributed by atoms with Crippen LogP contribution in [0.2, 0.25) is 0 Å². The monoisotopic (exact) mass is 477 g/mol. The van der Waals surface area contributed by atoms with E-state index < -0.39 is 22.0 Å². The van der Waals surface area contributed by atoms with Crippen LogP contribution in [0.3, 0.4) is 0 Å². The summed E-state index contributed by atoms with van der Waals surface area (Å²) >= 11 is 0. The SMILES string of the molecule is CCN(CC)S(=O)(=O)c1cccc(C(=O)N[C@@H](C(=O)N[C@@H](C)[C@@H]2C[C@@H]3CC[C@@H]2C3)C(C)C)c1. The molecule has 0 saturated heterocycles. The molecule has 2 bridgehead atoms. The van der Waals surface area contributed by atoms with Crippen LogP contribution in [0.15, 0.2) is 29.2 Å². The minimum atomic E-state index is -3.67. The first-order valence-corrected chi connectivity index (χ1v) is 13.7. The van der Waals surface area contributed by atoms with Crippen molar-refractivity contribution in [3.8, 4) is 0 Å². The fourth-order valence-electron chi connectivity index (χ4n) is 5.60. The van der Waals surface area contributed by atoms with Gasteiger partial charge in [-0.1, -0.05) is 40.2 Å². The summed E-state index contributed by atoms with van der Waals surface area (Å²) in [6, 6.07) is 5.40. The Labute approximate surface area is 198 Å². The van der Waals surface area contributed by atoms with Crippen molar-refractivity contribution in [1.29, 1.82) is 0 Å². The first kappa shape index (κ1) is 25.7. The van der Waals surface area contributed by atoms with Gasteiger partial charge in [0.15, 0.2) is 0 Å². The lowest BCUT2D eigenvalue weighted by atomic mass is 9.84. The zero-order valence-electron chi connectivity index (χ0n) is 20.5. The molecule has 33 heavy (non-hydrogen) atoms. The third-order valence-electron chi connectivity index (χ3n) is 7.48. The van der Waals surface area contributed by atoms with Crippen molar-refractivity contribution in [2.24, 2.45) is 23.7 Å². The van der Waals surface area contributed by atoms with Crippen molar-refractivity contribution in [3.05, 3.63) is 29.8 Å². The Morgan fingerprint density at radius 3 is 2.30 bits per heavy atom. The van der Waals surface area contributed by atoms with Crippen molar-refractivity contribution in [2.75, 3.05) is 13.1 Å². The van der Waals surface area contributed by atoms with Crippen LogP contribution in [0.1, 0.15) is 70.7 Å². The van der Waals surface area contributed by atoms with Gasteiger partial charge in [-0.15, -0.1) is 0 Å². The van der Waals surface area contributed by atoms with Gasteiger partial charge < -0.3 is 10.6 Å². The standard InChI is InChI=1S/C25H39N3O4S/c1-6-28(7-2)33(31,32)21-10-8-9-20(15-21)24(29)27-23(16(3)4)25(30)26-17(5)22-14-18-11-12-19(22)13-18/h8-10,15-19,22-23H,6-7,11-14H2,1-5H3,(H,26,30)(H,27,29)/t17-,18+,19+,22-,23+/m0/s1. The van der Waals surface area contributed by atoms with E-state index in [0.29, 0.717) is 24.9 Å². The minimum absolute atomic E-state index is 0.0773. The van der Waals surface area contributed by atoms with Gasteiger partial charge in [-0.2, -0.15) is 4.31 Å². The van der Waals surface area contributed by atoms with Gasteiger partial charge in [0.2, 0.25) is 15.9 Å². The molecule has 0 radical (unpaired) electrons. The van der Waals surface area contributed by atoms with Crippen LogP contribution in [-0.4, -0.2) is 49.7 Å². The molecule has 8 heteroatoms. The zero-order chi connectivity index (χ0) is 24.3. The predicted molar refractivity (Wildman–Crippen MR) is 129 cm³/mol. The molecule has 2 amide bonds. The molecule has 1 aromatic carbocycles. The number of carbonyl (C=O) groups is 2. The molecule has 2 N–H and O–H groups in total. The zero-order valence-corrected chi connectivity index (χ0v) is 21.3. The number of hydrogen-bond acceptors (Lipinski definition) is 4. The molecule has 7 nitrogen and oxygen atoms in total. The number of sulfonamides is 1. The van der Waals surface area contributed by atoms with Crippen LogP contribution in [0.25, 0.3) is 0 Å². The van der Waals surface area contributed by atoms with E-state index in [4.69, 9.17) is 0 Å². The first-order valence-electron chi connectivity index (χ1n) is 12.3. The van der Waals surface area contributed by atoms with Gasteiger partial charge in [-0.3, -0.25) is 9.59 Å². The maximum absolute atomic E-state index is 13.1. The van der Waals surface area contributed by atoms with E-state index in [2.05, 4.69) is 17.6 Å². The number of rotatable bonds is 10. The molecule has 2 saturated carbocycles. The van der Waals surface area contributed by atoms with Crippen LogP contribution in [0, 0.1) is 23.7 Å². The maximum atomic E-state index is 13.1. The lowest BCUT2D eigenvalue weighted by Crippen LogP contribution is -2.53. The van der Waals surface area contributed by atoms with Gasteiger partial charge in [-0.05, 0) is 68.1 Å². The van der Waals surface area contributed by atoms with Gasteiger partial charge in [-0.25, -0.2) is 8.42 Å². The Kier molecular flexibility index (Phi) is 8.22. The van der Waals surface area contributed by atoms with E-state index in [9.17, 15) is 18.0 Å². The molecule has 3 rings (SSSR count). The fourth-order valence-corrected chi connectivity index (χ4v) is 7.10. The highest BCUT2D eigenvalue weighted by Gasteiger charge is 2.42. The highest BCUT2D eigenvalue weighted by atomic mass is 32.2. The summed E-state index contributed by atoms with van der Waals surface area (Å²) in [7, 11) is -3.67. The third kappa shape index (κ3) is 5.60. The normalized spacial score (nSPS) is 24.2. The molecule has 5 atom stereocenters. The lowest BCUT2D eigenvalue weighted by Gasteiger charge is -2.31. The largest absolute Gasteiger partial charge is 0.352 e. The average molecular weight is 478 g/mol. The van der Waals surface area contributed by atoms with Crippen molar-refractivity contribution < 1.29 is 18.0 Å². The first-order chi connectivity index (χ1) is 15.6. The Hall–Kier alpha value is -1.93. The number of carbonyl (C=O) groups excluding carboxylic acids is 2. The number of fused-ring (bicyclic) bond motifs is 2. The second-order valence-corrected chi connectivity index (χ2v) is 11.9. The molecule has 2 aliphatic carbocycles. The Morgan fingerprint density at radius 2 is 1.76 bits per heavy atom. The van der Waals surface area contributed by atoms with Crippen LogP contribution in [-0.2, 0) is 14.8 Å². The smallest absolute Gasteiger partial charge is 0.251 e. The fraction of sp³-hybridized carbons (Fsp3) is 0.680. The third-order valence-corrected chi connectivity index (χ3v) is 9.53. The molecule has 1 aromatic rings. The highest BCUT2D eigenvalue weighted by molar-refractivity contribution is 7.89. The molecule has 0 aliphatic heterocycles. The van der Waals surface area contributed by atoms with Gasteiger partial charge in [0.1, 0.15) is 6.04 Å². The van der Waals surface area contributed by atoms with E-state index in [0.717, 1.165) is 5.92 Å². The van der Waals surface area contributed by atoms with Crippen molar-refractivity contribution in [1.82, 2.24) is 14.9 Å². The van der Waals surface area contributed by atoms with E-state index in [1.54, 1.807) is 26.0 Å². The second-order valence-electron chi connectivity index (χ2n) is 9.95. The van der Waals surface area contributed by atoms with Crippen LogP contribution >= 0.6 is 0 Å². The van der Waals surface area contributed by atoms with Crippen LogP contribution < -0.4 is 10.6 Å². The minimum Gasteiger partial charge on any atom is -0.352 e. The summed E-state index contributed by atoms with van der Waals surface area (Å²) in [5.41, 5.74) is 0.225. The van der Waals surface area contributed by atoms with E-state index >= 15 is 0 Å². The number of benzene rings is 1. The molecular weight excluding hydrogens is 438 g/mol. The summed E-state index contributed by atoms with van der Waals surface area (Å²) in [5.74, 6) is 1.28. The Bertz CT molecular complexity index is 958. The van der Waals surface area contributed by atoms with Gasteiger partial charge in [0.25, 0.3) is 5.91 Å². The maximum Gasteiger partial charge on any atom is 0.251 e. The molecule has 2 aliphatic rings. The Balaban J connectivity index is 1.69. The van der Waals surface area contributed by atoms with Crippen molar-refractivity contribution >= 4 is 21.8 Å². The van der Waals surface area contributed by atoms with Crippen molar-refractivity contribution in [2.45, 2.75) is 77.3 Å². The molecule has 0 heterocycles. The summed E-state index contributed by atoms with van der Waals surface area (Å²) in [5, 5.41) is 5.99. The van der Waals surface area contributed by atoms with E-state index in [1.807, 2.05) is 13.8 Å². The molecule has 184 valence electrons. The summed E-state index contributed by atoms with van der Waals surface area (Å²) < 4.78 is 27.0. The number of amides is 2. The highest BCUT2D eigenvalue weighted by Crippen LogP contribution is 2.49. The molecule has 0 spiro atoms. The Morgan fingerprint density at radius 1 is 1.06 bits per heavy atom. The summed E-state index contributed by atoms with van der Waals surface area (Å²) in [6.45, 7) is 10.1. The van der Waals surface area contributed by atoms with Gasteiger partial charge in [0.05, 0.1) is 4.90 Å². The molecule has 0 unspecified atom stereocenters. The van der Waals surface area contributed by atoms with E-state index in [1.165, 1.54) is 42.1 Å². The number of nitrogens with zero attached hydrogens (tertiary/aromatic N) is 1. The average Bonchev–Trinajstić information content (AvgIpc) is 3.41. The van der Waals surface area contributed by atoms with Gasteiger partial charge >= 0.3 is 0 Å². The molecule has 0 aromatic heterocycles. The number of hydrogen-bond donors (Lipinski definition) is 2. The molecular formula is C25H39N3O4S. The van der Waals surface area contributed by atoms with Gasteiger partial charge in [0, 0.05) is 24.7 Å². The van der Waals surface area contributed by atoms with E-state index in [-0.39, 0.29) is 28.3 Å². The lowest BCUT2D eigenvalue weighted by molar-refractivity contribution is -0.125. The topological polar surface area (TPSA) is 95.6 Å². The van der Waals surface area contributed by atoms with Crippen molar-refractivity contribution in [3.63, 3.8) is 0 Å². The van der Waals surface area contributed by atoms with Crippen LogP contribution in [0.5, 0.6) is 0 Å². The molecule has 2 fully saturated rings. The van der Waals surface area contributed by atoms with Crippen LogP contribution in [0.4, 0.5) is 0 Å².